The molecule has 0 nitrogen and oxygen atoms in total. The lowest BCUT2D eigenvalue weighted by atomic mass is 9.43. The molecule has 4 aliphatic carbocycles. The molecule has 0 heterocycles. The molecular weight excluding hydrogens is 360 g/mol. The highest BCUT2D eigenvalue weighted by atomic mass is 14.7. The van der Waals surface area contributed by atoms with Crippen molar-refractivity contribution >= 4 is 0 Å². The number of hydrogen-bond donors (Lipinski definition) is 0. The van der Waals surface area contributed by atoms with E-state index < -0.39 is 0 Å². The van der Waals surface area contributed by atoms with Gasteiger partial charge in [-0.3, -0.25) is 0 Å². The summed E-state index contributed by atoms with van der Waals surface area (Å²) in [5.41, 5.74) is 1.33. The van der Waals surface area contributed by atoms with Crippen LogP contribution in [0, 0.1) is 64.1 Å². The fraction of sp³-hybridized carbons (Fsp3) is 1.00. The van der Waals surface area contributed by atoms with E-state index in [1.54, 1.807) is 44.9 Å². The monoisotopic (exact) mass is 414 g/mol. The van der Waals surface area contributed by atoms with E-state index >= 15 is 0 Å². The van der Waals surface area contributed by atoms with Crippen LogP contribution in [0.5, 0.6) is 0 Å². The van der Waals surface area contributed by atoms with E-state index in [9.17, 15) is 0 Å². The summed E-state index contributed by atoms with van der Waals surface area (Å²) in [5.74, 6) is 8.93. The normalized spacial score (nSPS) is 48.0. The predicted molar refractivity (Wildman–Crippen MR) is 131 cm³/mol. The molecule has 4 aliphatic rings. The lowest BCUT2D eigenvalue weighted by Gasteiger charge is -2.62. The molecule has 10 atom stereocenters. The van der Waals surface area contributed by atoms with Gasteiger partial charge in [-0.25, -0.2) is 0 Å². The van der Waals surface area contributed by atoms with Crippen molar-refractivity contribution in [3.8, 4) is 0 Å². The van der Waals surface area contributed by atoms with Gasteiger partial charge in [-0.15, -0.1) is 0 Å². The average Bonchev–Trinajstić information content (AvgIpc) is 3.05. The average molecular weight is 415 g/mol. The van der Waals surface area contributed by atoms with Gasteiger partial charge >= 0.3 is 0 Å². The van der Waals surface area contributed by atoms with E-state index in [1.807, 2.05) is 0 Å². The first-order valence-corrected chi connectivity index (χ1v) is 14.2. The summed E-state index contributed by atoms with van der Waals surface area (Å²) in [6, 6.07) is 0. The van der Waals surface area contributed by atoms with Gasteiger partial charge in [-0.1, -0.05) is 74.1 Å². The summed E-state index contributed by atoms with van der Waals surface area (Å²) in [7, 11) is 0. The van der Waals surface area contributed by atoms with Crippen molar-refractivity contribution in [3.05, 3.63) is 0 Å². The quantitative estimate of drug-likeness (QED) is 0.406. The molecule has 0 heteroatoms. The van der Waals surface area contributed by atoms with Crippen LogP contribution in [-0.4, -0.2) is 0 Å². The maximum Gasteiger partial charge on any atom is -0.0264 e. The second-order valence-electron chi connectivity index (χ2n) is 13.6. The van der Waals surface area contributed by atoms with Crippen LogP contribution >= 0.6 is 0 Å². The Balaban J connectivity index is 1.46. The second kappa shape index (κ2) is 8.74. The zero-order valence-corrected chi connectivity index (χ0v) is 21.7. The van der Waals surface area contributed by atoms with Crippen molar-refractivity contribution in [2.45, 2.75) is 126 Å². The third-order valence-electron chi connectivity index (χ3n) is 12.2. The minimum Gasteiger partial charge on any atom is -0.0651 e. The fourth-order valence-electron chi connectivity index (χ4n) is 10.5. The fourth-order valence-corrected chi connectivity index (χ4v) is 10.5. The summed E-state index contributed by atoms with van der Waals surface area (Å²) in [5, 5.41) is 0. The smallest absolute Gasteiger partial charge is 0.0264 e. The first-order chi connectivity index (χ1) is 14.2. The molecule has 0 amide bonds. The van der Waals surface area contributed by atoms with Crippen molar-refractivity contribution in [2.24, 2.45) is 64.1 Å². The van der Waals surface area contributed by atoms with Gasteiger partial charge in [0.25, 0.3) is 0 Å². The summed E-state index contributed by atoms with van der Waals surface area (Å²) in [4.78, 5) is 0. The first kappa shape index (κ1) is 23.2. The van der Waals surface area contributed by atoms with E-state index in [0.717, 1.165) is 53.3 Å². The summed E-state index contributed by atoms with van der Waals surface area (Å²) < 4.78 is 0. The second-order valence-corrected chi connectivity index (χ2v) is 13.6. The molecule has 174 valence electrons. The topological polar surface area (TPSA) is 0 Å². The van der Waals surface area contributed by atoms with Crippen molar-refractivity contribution in [2.75, 3.05) is 0 Å². The molecule has 2 unspecified atom stereocenters. The highest BCUT2D eigenvalue weighted by Gasteiger charge is 2.60. The van der Waals surface area contributed by atoms with Crippen molar-refractivity contribution in [1.82, 2.24) is 0 Å². The van der Waals surface area contributed by atoms with Crippen LogP contribution in [0.2, 0.25) is 0 Å². The molecule has 4 saturated carbocycles. The summed E-state index contributed by atoms with van der Waals surface area (Å²) >= 11 is 0. The Morgan fingerprint density at radius 1 is 0.767 bits per heavy atom. The number of rotatable bonds is 6. The van der Waals surface area contributed by atoms with E-state index in [4.69, 9.17) is 0 Å². The van der Waals surface area contributed by atoms with Crippen LogP contribution in [-0.2, 0) is 0 Å². The van der Waals surface area contributed by atoms with Crippen LogP contribution in [0.4, 0.5) is 0 Å². The van der Waals surface area contributed by atoms with Gasteiger partial charge in [0.15, 0.2) is 0 Å². The minimum absolute atomic E-state index is 0.656. The summed E-state index contributed by atoms with van der Waals surface area (Å²) in [6.07, 6.45) is 18.2. The van der Waals surface area contributed by atoms with Gasteiger partial charge in [0.1, 0.15) is 0 Å². The highest BCUT2D eigenvalue weighted by molar-refractivity contribution is 5.09. The van der Waals surface area contributed by atoms with Crippen molar-refractivity contribution in [3.63, 3.8) is 0 Å². The molecule has 0 N–H and O–H groups in total. The number of fused-ring (bicyclic) bond motifs is 5. The van der Waals surface area contributed by atoms with Crippen LogP contribution in [0.1, 0.15) is 126 Å². The van der Waals surface area contributed by atoms with Crippen LogP contribution in [0.3, 0.4) is 0 Å². The Kier molecular flexibility index (Phi) is 6.75. The van der Waals surface area contributed by atoms with Gasteiger partial charge in [-0.2, -0.15) is 0 Å². The first-order valence-electron chi connectivity index (χ1n) is 14.2. The zero-order valence-electron chi connectivity index (χ0n) is 21.7. The van der Waals surface area contributed by atoms with E-state index in [1.165, 1.54) is 32.1 Å². The summed E-state index contributed by atoms with van der Waals surface area (Å²) in [6.45, 7) is 18.0. The zero-order chi connectivity index (χ0) is 21.7. The molecule has 0 saturated heterocycles. The Hall–Kier alpha value is 0. The SMILES string of the molecule is CC[C@H](CC[C@@H](C)[C@H]1CC[C@H]2[C@@H]3CCC4C(C)CCC[C@]4(C)[C@H]3CC[C@]12C)C(C)C. The molecule has 0 spiro atoms. The van der Waals surface area contributed by atoms with Gasteiger partial charge < -0.3 is 0 Å². The standard InChI is InChI=1S/C30H54/c1-8-23(20(2)3)12-11-22(5)26-15-16-27-24-13-14-25-21(4)10-9-18-29(25,6)28(24)17-19-30(26,27)7/h20-28H,8-19H2,1-7H3/t21?,22-,23-,24+,25?,26-,27+,28+,29+,30-/m1/s1. The van der Waals surface area contributed by atoms with Crippen LogP contribution in [0.15, 0.2) is 0 Å². The van der Waals surface area contributed by atoms with Crippen LogP contribution in [0.25, 0.3) is 0 Å². The Labute approximate surface area is 189 Å². The third-order valence-corrected chi connectivity index (χ3v) is 12.2. The van der Waals surface area contributed by atoms with E-state index in [-0.39, 0.29) is 0 Å². The Bertz CT molecular complexity index is 577. The lowest BCUT2D eigenvalue weighted by Crippen LogP contribution is -2.54. The largest absolute Gasteiger partial charge is 0.0651 e. The molecule has 0 bridgehead atoms. The van der Waals surface area contributed by atoms with Gasteiger partial charge in [0.05, 0.1) is 0 Å². The van der Waals surface area contributed by atoms with E-state index in [2.05, 4.69) is 48.5 Å². The molecule has 0 aliphatic heterocycles. The lowest BCUT2D eigenvalue weighted by molar-refractivity contribution is -0.127. The van der Waals surface area contributed by atoms with Crippen LogP contribution < -0.4 is 0 Å². The maximum atomic E-state index is 2.76. The molecule has 0 aromatic carbocycles. The molecule has 4 rings (SSSR count). The van der Waals surface area contributed by atoms with Crippen molar-refractivity contribution in [1.29, 1.82) is 0 Å². The van der Waals surface area contributed by atoms with Gasteiger partial charge in [0.2, 0.25) is 0 Å². The van der Waals surface area contributed by atoms with Gasteiger partial charge in [0, 0.05) is 0 Å². The van der Waals surface area contributed by atoms with Crippen molar-refractivity contribution < 1.29 is 0 Å². The van der Waals surface area contributed by atoms with Gasteiger partial charge in [-0.05, 0) is 115 Å². The molecule has 30 heavy (non-hydrogen) atoms. The maximum absolute atomic E-state index is 2.76. The predicted octanol–water partition coefficient (Wildman–Crippen LogP) is 9.38. The third kappa shape index (κ3) is 3.73. The number of hydrogen-bond acceptors (Lipinski definition) is 0. The Morgan fingerprint density at radius 2 is 1.47 bits per heavy atom. The minimum atomic E-state index is 0.656. The van der Waals surface area contributed by atoms with E-state index in [0.29, 0.717) is 10.8 Å². The highest BCUT2D eigenvalue weighted by Crippen LogP contribution is 2.68. The molecular formula is C30H54. The molecule has 0 aromatic heterocycles. The molecule has 0 aromatic rings. The Morgan fingerprint density at radius 3 is 2.17 bits per heavy atom. The molecule has 0 radical (unpaired) electrons. The molecule has 4 fully saturated rings.